The monoisotopic (exact) mass is 224 g/mol. The van der Waals surface area contributed by atoms with Crippen LogP contribution < -0.4 is 0 Å². The Hall–Kier alpha value is -1.56. The fourth-order valence-corrected chi connectivity index (χ4v) is 2.34. The first-order valence-corrected chi connectivity index (χ1v) is 6.42. The number of hydrogen-bond donors (Lipinski definition) is 0. The molecule has 0 saturated carbocycles. The van der Waals surface area contributed by atoms with Crippen LogP contribution in [0.5, 0.6) is 0 Å². The number of allylic oxidation sites excluding steroid dienone is 4. The molecule has 1 aromatic carbocycles. The first kappa shape index (κ1) is 11.9. The fourth-order valence-electron chi connectivity index (χ4n) is 2.34. The van der Waals surface area contributed by atoms with E-state index in [0.29, 0.717) is 5.92 Å². The van der Waals surface area contributed by atoms with Gasteiger partial charge in [0.2, 0.25) is 0 Å². The Morgan fingerprint density at radius 3 is 2.82 bits per heavy atom. The van der Waals surface area contributed by atoms with Crippen molar-refractivity contribution in [3.8, 4) is 0 Å². The highest BCUT2D eigenvalue weighted by molar-refractivity contribution is 5.49. The summed E-state index contributed by atoms with van der Waals surface area (Å²) in [5.41, 5.74) is 2.84. The van der Waals surface area contributed by atoms with Gasteiger partial charge in [-0.25, -0.2) is 0 Å². The summed E-state index contributed by atoms with van der Waals surface area (Å²) in [6.45, 7) is 3.81. The van der Waals surface area contributed by atoms with Crippen molar-refractivity contribution >= 4 is 6.08 Å². The number of benzene rings is 1. The van der Waals surface area contributed by atoms with E-state index >= 15 is 0 Å². The second-order valence-electron chi connectivity index (χ2n) is 4.64. The molecule has 88 valence electrons. The molecule has 0 bridgehead atoms. The second kappa shape index (κ2) is 6.24. The van der Waals surface area contributed by atoms with Gasteiger partial charge in [-0.1, -0.05) is 60.2 Å². The summed E-state index contributed by atoms with van der Waals surface area (Å²) in [6, 6.07) is 10.5. The lowest BCUT2D eigenvalue weighted by atomic mass is 9.88. The maximum Gasteiger partial charge on any atom is -0.00473 e. The maximum atomic E-state index is 3.81. The van der Waals surface area contributed by atoms with Gasteiger partial charge in [-0.15, -0.1) is 6.58 Å². The molecule has 0 fully saturated rings. The second-order valence-corrected chi connectivity index (χ2v) is 4.64. The topological polar surface area (TPSA) is 0 Å². The van der Waals surface area contributed by atoms with Crippen molar-refractivity contribution < 1.29 is 0 Å². The predicted molar refractivity (Wildman–Crippen MR) is 75.7 cm³/mol. The number of hydrogen-bond acceptors (Lipinski definition) is 0. The molecule has 0 aliphatic heterocycles. The van der Waals surface area contributed by atoms with Crippen molar-refractivity contribution in [1.29, 1.82) is 0 Å². The van der Waals surface area contributed by atoms with E-state index in [9.17, 15) is 0 Å². The van der Waals surface area contributed by atoms with Crippen LogP contribution >= 0.6 is 0 Å². The van der Waals surface area contributed by atoms with E-state index in [-0.39, 0.29) is 0 Å². The third kappa shape index (κ3) is 3.74. The molecule has 0 heteroatoms. The molecule has 2 rings (SSSR count). The summed E-state index contributed by atoms with van der Waals surface area (Å²) in [5, 5.41) is 0. The van der Waals surface area contributed by atoms with Gasteiger partial charge in [0.15, 0.2) is 0 Å². The van der Waals surface area contributed by atoms with Gasteiger partial charge in [0.1, 0.15) is 0 Å². The zero-order valence-electron chi connectivity index (χ0n) is 10.3. The Morgan fingerprint density at radius 1 is 1.24 bits per heavy atom. The maximum absolute atomic E-state index is 3.81. The molecule has 0 spiro atoms. The van der Waals surface area contributed by atoms with Gasteiger partial charge in [0.25, 0.3) is 0 Å². The van der Waals surface area contributed by atoms with Gasteiger partial charge in [-0.3, -0.25) is 0 Å². The Morgan fingerprint density at radius 2 is 2.06 bits per heavy atom. The lowest BCUT2D eigenvalue weighted by Crippen LogP contribution is -2.01. The Balaban J connectivity index is 2.01. The largest absolute Gasteiger partial charge is 0.103 e. The van der Waals surface area contributed by atoms with Crippen molar-refractivity contribution in [1.82, 2.24) is 0 Å². The van der Waals surface area contributed by atoms with Crippen LogP contribution in [0.4, 0.5) is 0 Å². The summed E-state index contributed by atoms with van der Waals surface area (Å²) < 4.78 is 0. The minimum Gasteiger partial charge on any atom is -0.103 e. The lowest BCUT2D eigenvalue weighted by molar-refractivity contribution is 0.606. The van der Waals surface area contributed by atoms with Crippen LogP contribution in [0, 0.1) is 5.92 Å². The quantitative estimate of drug-likeness (QED) is 0.631. The Labute approximate surface area is 104 Å². The highest BCUT2D eigenvalue weighted by Crippen LogP contribution is 2.26. The highest BCUT2D eigenvalue weighted by atomic mass is 14.1. The molecule has 0 saturated heterocycles. The van der Waals surface area contributed by atoms with Crippen molar-refractivity contribution in [2.24, 2.45) is 5.92 Å². The fraction of sp³-hybridized carbons (Fsp3) is 0.294. The smallest absolute Gasteiger partial charge is 0.00473 e. The summed E-state index contributed by atoms with van der Waals surface area (Å²) >= 11 is 0. The van der Waals surface area contributed by atoms with Gasteiger partial charge in [0, 0.05) is 0 Å². The van der Waals surface area contributed by atoms with Crippen LogP contribution in [0.25, 0.3) is 6.08 Å². The zero-order valence-corrected chi connectivity index (χ0v) is 10.3. The minimum atomic E-state index is 0.610. The van der Waals surface area contributed by atoms with Crippen LogP contribution in [-0.4, -0.2) is 0 Å². The van der Waals surface area contributed by atoms with Crippen molar-refractivity contribution in [2.75, 3.05) is 0 Å². The van der Waals surface area contributed by atoms with Crippen LogP contribution in [0.15, 0.2) is 60.7 Å². The van der Waals surface area contributed by atoms with Crippen LogP contribution in [-0.2, 0) is 0 Å². The van der Waals surface area contributed by atoms with E-state index in [0.717, 1.165) is 6.42 Å². The molecule has 0 aromatic heterocycles. The molecule has 1 aliphatic carbocycles. The van der Waals surface area contributed by atoms with Crippen molar-refractivity contribution in [3.63, 3.8) is 0 Å². The number of rotatable bonds is 4. The van der Waals surface area contributed by atoms with E-state index in [1.165, 1.54) is 24.8 Å². The van der Waals surface area contributed by atoms with Crippen LogP contribution in [0.2, 0.25) is 0 Å². The minimum absolute atomic E-state index is 0.610. The van der Waals surface area contributed by atoms with Crippen molar-refractivity contribution in [3.05, 3.63) is 66.3 Å². The normalized spacial score (nSPS) is 20.2. The SMILES string of the molecule is C=CCC1=CC(/C=C\c2ccccc2)CCC1. The van der Waals surface area contributed by atoms with E-state index in [1.54, 1.807) is 5.57 Å². The standard InChI is InChI=1S/C17H20/c1-2-7-16-10-6-11-17(14-16)13-12-15-8-4-3-5-9-15/h2-5,8-9,12-14,17H,1,6-7,10-11H2/b13-12-. The third-order valence-corrected chi connectivity index (χ3v) is 3.23. The summed E-state index contributed by atoms with van der Waals surface area (Å²) in [5.74, 6) is 0.610. The zero-order chi connectivity index (χ0) is 11.9. The van der Waals surface area contributed by atoms with E-state index < -0.39 is 0 Å². The molecule has 0 amide bonds. The molecule has 1 atom stereocenters. The summed E-state index contributed by atoms with van der Waals surface area (Å²) in [4.78, 5) is 0. The van der Waals surface area contributed by atoms with Gasteiger partial charge in [0.05, 0.1) is 0 Å². The molecule has 1 aliphatic rings. The average Bonchev–Trinajstić information content (AvgIpc) is 2.39. The molecular formula is C17H20. The van der Waals surface area contributed by atoms with Crippen LogP contribution in [0.1, 0.15) is 31.2 Å². The molecule has 1 aromatic rings. The molecule has 1 unspecified atom stereocenters. The molecule has 0 N–H and O–H groups in total. The van der Waals surface area contributed by atoms with Gasteiger partial charge in [-0.05, 0) is 37.2 Å². The first-order chi connectivity index (χ1) is 8.38. The third-order valence-electron chi connectivity index (χ3n) is 3.23. The van der Waals surface area contributed by atoms with E-state index in [2.05, 4.69) is 55.1 Å². The van der Waals surface area contributed by atoms with Gasteiger partial charge in [-0.2, -0.15) is 0 Å². The molecule has 17 heavy (non-hydrogen) atoms. The van der Waals surface area contributed by atoms with E-state index in [1.807, 2.05) is 6.08 Å². The summed E-state index contributed by atoms with van der Waals surface area (Å²) in [7, 11) is 0. The highest BCUT2D eigenvalue weighted by Gasteiger charge is 2.09. The van der Waals surface area contributed by atoms with Gasteiger partial charge < -0.3 is 0 Å². The first-order valence-electron chi connectivity index (χ1n) is 6.42. The Kier molecular flexibility index (Phi) is 4.37. The Bertz CT molecular complexity index is 409. The molecule has 0 nitrogen and oxygen atoms in total. The van der Waals surface area contributed by atoms with Crippen molar-refractivity contribution in [2.45, 2.75) is 25.7 Å². The van der Waals surface area contributed by atoms with Gasteiger partial charge >= 0.3 is 0 Å². The molecular weight excluding hydrogens is 204 g/mol. The molecule has 0 radical (unpaired) electrons. The lowest BCUT2D eigenvalue weighted by Gasteiger charge is -2.17. The summed E-state index contributed by atoms with van der Waals surface area (Å²) in [6.07, 6.45) is 13.9. The van der Waals surface area contributed by atoms with Crippen LogP contribution in [0.3, 0.4) is 0 Å². The predicted octanol–water partition coefficient (Wildman–Crippen LogP) is 5.00. The molecule has 0 heterocycles. The van der Waals surface area contributed by atoms with E-state index in [4.69, 9.17) is 0 Å². The average molecular weight is 224 g/mol.